The standard InChI is InChI=1S/C18H24N4O3/c1-13(21-17(24)25-18(2,3)4)16(23)19-12-14-6-8-15(9-7-14)22-11-5-10-20-22/h5-11,13H,12H2,1-4H3,(H,19,23)(H,21,24)/t13-/m1/s1. The summed E-state index contributed by atoms with van der Waals surface area (Å²) in [5.74, 6) is -0.276. The summed E-state index contributed by atoms with van der Waals surface area (Å²) in [5.41, 5.74) is 1.30. The van der Waals surface area contributed by atoms with Crippen molar-refractivity contribution in [1.29, 1.82) is 0 Å². The average molecular weight is 344 g/mol. The highest BCUT2D eigenvalue weighted by Crippen LogP contribution is 2.09. The van der Waals surface area contributed by atoms with Gasteiger partial charge in [-0.25, -0.2) is 9.48 Å². The van der Waals surface area contributed by atoms with E-state index in [2.05, 4.69) is 15.7 Å². The number of rotatable bonds is 5. The van der Waals surface area contributed by atoms with Gasteiger partial charge in [-0.2, -0.15) is 5.10 Å². The van der Waals surface area contributed by atoms with Crippen LogP contribution in [0.2, 0.25) is 0 Å². The van der Waals surface area contributed by atoms with Crippen LogP contribution in [-0.4, -0.2) is 33.4 Å². The SMILES string of the molecule is C[C@@H](NC(=O)OC(C)(C)C)C(=O)NCc1ccc(-n2cccn2)cc1. The molecule has 2 amide bonds. The van der Waals surface area contributed by atoms with Gasteiger partial charge in [0.2, 0.25) is 5.91 Å². The smallest absolute Gasteiger partial charge is 0.408 e. The molecule has 0 fully saturated rings. The van der Waals surface area contributed by atoms with Gasteiger partial charge in [-0.1, -0.05) is 12.1 Å². The first-order chi connectivity index (χ1) is 11.7. The van der Waals surface area contributed by atoms with Gasteiger partial charge >= 0.3 is 6.09 Å². The van der Waals surface area contributed by atoms with Crippen molar-refractivity contribution in [2.45, 2.75) is 45.9 Å². The van der Waals surface area contributed by atoms with Crippen LogP contribution in [-0.2, 0) is 16.1 Å². The van der Waals surface area contributed by atoms with E-state index < -0.39 is 17.7 Å². The van der Waals surface area contributed by atoms with Gasteiger partial charge in [-0.3, -0.25) is 4.79 Å². The van der Waals surface area contributed by atoms with Crippen LogP contribution in [0, 0.1) is 0 Å². The molecule has 1 heterocycles. The first-order valence-corrected chi connectivity index (χ1v) is 8.11. The first kappa shape index (κ1) is 18.5. The molecule has 0 aliphatic heterocycles. The number of hydrogen-bond donors (Lipinski definition) is 2. The average Bonchev–Trinajstić information content (AvgIpc) is 3.05. The van der Waals surface area contributed by atoms with Crippen molar-refractivity contribution < 1.29 is 14.3 Å². The molecule has 2 aromatic rings. The molecular weight excluding hydrogens is 320 g/mol. The van der Waals surface area contributed by atoms with Crippen molar-refractivity contribution >= 4 is 12.0 Å². The molecule has 0 aliphatic carbocycles. The minimum Gasteiger partial charge on any atom is -0.444 e. The molecular formula is C18H24N4O3. The third kappa shape index (κ3) is 5.95. The number of hydrogen-bond acceptors (Lipinski definition) is 4. The minimum absolute atomic E-state index is 0.276. The third-order valence-corrected chi connectivity index (χ3v) is 3.30. The van der Waals surface area contributed by atoms with Crippen molar-refractivity contribution in [3.8, 4) is 5.69 Å². The summed E-state index contributed by atoms with van der Waals surface area (Å²) in [6, 6.07) is 8.87. The molecule has 1 aromatic carbocycles. The van der Waals surface area contributed by atoms with Gasteiger partial charge in [-0.05, 0) is 51.5 Å². The fraction of sp³-hybridized carbons (Fsp3) is 0.389. The summed E-state index contributed by atoms with van der Waals surface area (Å²) in [4.78, 5) is 23.8. The number of alkyl carbamates (subject to hydrolysis) is 1. The molecule has 1 atom stereocenters. The van der Waals surface area contributed by atoms with Crippen molar-refractivity contribution in [2.75, 3.05) is 0 Å². The van der Waals surface area contributed by atoms with Crippen LogP contribution < -0.4 is 10.6 Å². The molecule has 7 heteroatoms. The van der Waals surface area contributed by atoms with Crippen LogP contribution in [0.5, 0.6) is 0 Å². The summed E-state index contributed by atoms with van der Waals surface area (Å²) in [7, 11) is 0. The second-order valence-electron chi connectivity index (χ2n) is 6.70. The van der Waals surface area contributed by atoms with E-state index >= 15 is 0 Å². The highest BCUT2D eigenvalue weighted by molar-refractivity contribution is 5.85. The van der Waals surface area contributed by atoms with Crippen LogP contribution in [0.3, 0.4) is 0 Å². The maximum Gasteiger partial charge on any atom is 0.408 e. The zero-order chi connectivity index (χ0) is 18.4. The van der Waals surface area contributed by atoms with E-state index in [1.807, 2.05) is 36.5 Å². The lowest BCUT2D eigenvalue weighted by Crippen LogP contribution is -2.46. The van der Waals surface area contributed by atoms with Gasteiger partial charge in [0, 0.05) is 18.9 Å². The Balaban J connectivity index is 1.82. The number of carbonyl (C=O) groups is 2. The van der Waals surface area contributed by atoms with Crippen LogP contribution in [0.15, 0.2) is 42.7 Å². The summed E-state index contributed by atoms with van der Waals surface area (Å²) in [6.45, 7) is 7.29. The highest BCUT2D eigenvalue weighted by atomic mass is 16.6. The Labute approximate surface area is 147 Å². The number of benzene rings is 1. The van der Waals surface area contributed by atoms with Crippen LogP contribution >= 0.6 is 0 Å². The molecule has 7 nitrogen and oxygen atoms in total. The fourth-order valence-corrected chi connectivity index (χ4v) is 2.08. The summed E-state index contributed by atoms with van der Waals surface area (Å²) in [5, 5.41) is 9.47. The number of ether oxygens (including phenoxy) is 1. The lowest BCUT2D eigenvalue weighted by molar-refractivity contribution is -0.122. The molecule has 2 rings (SSSR count). The number of aromatic nitrogens is 2. The molecule has 134 valence electrons. The molecule has 0 bridgehead atoms. The number of nitrogens with one attached hydrogen (secondary N) is 2. The lowest BCUT2D eigenvalue weighted by Gasteiger charge is -2.21. The predicted octanol–water partition coefficient (Wildman–Crippen LogP) is 2.40. The Bertz CT molecular complexity index is 703. The Hall–Kier alpha value is -2.83. The Morgan fingerprint density at radius 3 is 2.48 bits per heavy atom. The van der Waals surface area contributed by atoms with Crippen molar-refractivity contribution in [3.05, 3.63) is 48.3 Å². The molecule has 0 saturated carbocycles. The van der Waals surface area contributed by atoms with Gasteiger partial charge in [0.05, 0.1) is 5.69 Å². The van der Waals surface area contributed by atoms with Crippen molar-refractivity contribution in [1.82, 2.24) is 20.4 Å². The third-order valence-electron chi connectivity index (χ3n) is 3.30. The van der Waals surface area contributed by atoms with E-state index in [1.54, 1.807) is 38.6 Å². The minimum atomic E-state index is -0.682. The number of amides is 2. The Morgan fingerprint density at radius 1 is 1.24 bits per heavy atom. The fourth-order valence-electron chi connectivity index (χ4n) is 2.08. The second kappa shape index (κ2) is 7.83. The van der Waals surface area contributed by atoms with E-state index in [1.165, 1.54) is 0 Å². The van der Waals surface area contributed by atoms with Gasteiger partial charge in [0.25, 0.3) is 0 Å². The predicted molar refractivity (Wildman–Crippen MR) is 94.2 cm³/mol. The maximum atomic E-state index is 12.1. The zero-order valence-electron chi connectivity index (χ0n) is 14.9. The van der Waals surface area contributed by atoms with Crippen LogP contribution in [0.4, 0.5) is 4.79 Å². The first-order valence-electron chi connectivity index (χ1n) is 8.11. The largest absolute Gasteiger partial charge is 0.444 e. The van der Waals surface area contributed by atoms with Gasteiger partial charge in [0.1, 0.15) is 11.6 Å². The van der Waals surface area contributed by atoms with Crippen molar-refractivity contribution in [2.24, 2.45) is 0 Å². The molecule has 0 spiro atoms. The van der Waals surface area contributed by atoms with E-state index in [9.17, 15) is 9.59 Å². The monoisotopic (exact) mass is 344 g/mol. The molecule has 0 unspecified atom stereocenters. The Kier molecular flexibility index (Phi) is 5.80. The summed E-state index contributed by atoms with van der Waals surface area (Å²) in [6.07, 6.45) is 2.97. The van der Waals surface area contributed by atoms with Gasteiger partial charge in [-0.15, -0.1) is 0 Å². The van der Waals surface area contributed by atoms with E-state index in [4.69, 9.17) is 4.74 Å². The van der Waals surface area contributed by atoms with E-state index in [0.717, 1.165) is 11.3 Å². The van der Waals surface area contributed by atoms with Crippen molar-refractivity contribution in [3.63, 3.8) is 0 Å². The van der Waals surface area contributed by atoms with E-state index in [0.29, 0.717) is 6.54 Å². The van der Waals surface area contributed by atoms with Crippen LogP contribution in [0.1, 0.15) is 33.3 Å². The highest BCUT2D eigenvalue weighted by Gasteiger charge is 2.20. The van der Waals surface area contributed by atoms with E-state index in [-0.39, 0.29) is 5.91 Å². The number of nitrogens with zero attached hydrogens (tertiary/aromatic N) is 2. The molecule has 0 aliphatic rings. The van der Waals surface area contributed by atoms with Gasteiger partial charge in [0.15, 0.2) is 0 Å². The molecule has 25 heavy (non-hydrogen) atoms. The summed E-state index contributed by atoms with van der Waals surface area (Å²) < 4.78 is 6.89. The molecule has 0 saturated heterocycles. The second-order valence-corrected chi connectivity index (χ2v) is 6.70. The lowest BCUT2D eigenvalue weighted by atomic mass is 10.2. The summed E-state index contributed by atoms with van der Waals surface area (Å²) >= 11 is 0. The van der Waals surface area contributed by atoms with Gasteiger partial charge < -0.3 is 15.4 Å². The molecule has 0 radical (unpaired) electrons. The normalized spacial score (nSPS) is 12.3. The maximum absolute atomic E-state index is 12.1. The topological polar surface area (TPSA) is 85.2 Å². The molecule has 2 N–H and O–H groups in total. The number of carbonyl (C=O) groups excluding carboxylic acids is 2. The van der Waals surface area contributed by atoms with Crippen LogP contribution in [0.25, 0.3) is 5.69 Å². The Morgan fingerprint density at radius 2 is 1.92 bits per heavy atom. The zero-order valence-corrected chi connectivity index (χ0v) is 14.9. The quantitative estimate of drug-likeness (QED) is 0.872. The molecule has 1 aromatic heterocycles.